The smallest absolute Gasteiger partial charge is 0.261 e. The number of nitrogens with one attached hydrogen (secondary N) is 2. The largest absolute Gasteiger partial charge is 0.340 e. The quantitative estimate of drug-likeness (QED) is 0.858. The van der Waals surface area contributed by atoms with Crippen LogP contribution in [0.1, 0.15) is 29.9 Å². The van der Waals surface area contributed by atoms with Gasteiger partial charge < -0.3 is 10.6 Å². The lowest BCUT2D eigenvalue weighted by Crippen LogP contribution is -2.44. The molecule has 1 atom stereocenters. The van der Waals surface area contributed by atoms with Gasteiger partial charge in [0.15, 0.2) is 5.13 Å². The zero-order valence-electron chi connectivity index (χ0n) is 11.8. The molecule has 2 N–H and O–H groups in total. The molecule has 0 bridgehead atoms. The molecule has 2 amide bonds. The minimum Gasteiger partial charge on any atom is -0.340 e. The zero-order valence-corrected chi connectivity index (χ0v) is 13.5. The molecule has 0 saturated carbocycles. The van der Waals surface area contributed by atoms with Gasteiger partial charge in [0.25, 0.3) is 5.91 Å². The number of thiophene rings is 1. The van der Waals surface area contributed by atoms with Crippen molar-refractivity contribution >= 4 is 39.6 Å². The number of thiazole rings is 1. The van der Waals surface area contributed by atoms with Gasteiger partial charge in [-0.25, -0.2) is 4.98 Å². The Bertz CT molecular complexity index is 579. The zero-order chi connectivity index (χ0) is 15.2. The van der Waals surface area contributed by atoms with Crippen LogP contribution in [0.5, 0.6) is 0 Å². The molecule has 0 radical (unpaired) electrons. The molecule has 112 valence electrons. The second-order valence-electron chi connectivity index (χ2n) is 4.96. The van der Waals surface area contributed by atoms with E-state index in [1.54, 1.807) is 17.6 Å². The van der Waals surface area contributed by atoms with Crippen molar-refractivity contribution in [2.24, 2.45) is 5.92 Å². The number of hydrogen-bond acceptors (Lipinski definition) is 5. The first kappa shape index (κ1) is 15.7. The molecule has 0 aliphatic carbocycles. The van der Waals surface area contributed by atoms with Crippen molar-refractivity contribution in [2.45, 2.75) is 26.3 Å². The lowest BCUT2D eigenvalue weighted by molar-refractivity contribution is -0.118. The van der Waals surface area contributed by atoms with Gasteiger partial charge in [0.05, 0.1) is 4.88 Å². The summed E-state index contributed by atoms with van der Waals surface area (Å²) in [4.78, 5) is 29.0. The molecule has 0 unspecified atom stereocenters. The molecule has 2 aromatic rings. The van der Waals surface area contributed by atoms with Gasteiger partial charge in [0.1, 0.15) is 6.04 Å². The van der Waals surface area contributed by atoms with E-state index in [1.165, 1.54) is 22.7 Å². The van der Waals surface area contributed by atoms with Crippen LogP contribution in [0, 0.1) is 5.92 Å². The molecule has 7 heteroatoms. The molecular formula is C14H17N3O2S2. The van der Waals surface area contributed by atoms with E-state index in [2.05, 4.69) is 15.6 Å². The number of carbonyl (C=O) groups is 2. The van der Waals surface area contributed by atoms with Crippen molar-refractivity contribution in [3.63, 3.8) is 0 Å². The summed E-state index contributed by atoms with van der Waals surface area (Å²) in [5, 5.41) is 9.70. The third-order valence-electron chi connectivity index (χ3n) is 2.74. The van der Waals surface area contributed by atoms with Crippen LogP contribution in [-0.4, -0.2) is 22.8 Å². The van der Waals surface area contributed by atoms with E-state index in [1.807, 2.05) is 25.3 Å². The van der Waals surface area contributed by atoms with Gasteiger partial charge in [0.2, 0.25) is 5.91 Å². The molecule has 0 aromatic carbocycles. The Morgan fingerprint density at radius 2 is 2.10 bits per heavy atom. The Morgan fingerprint density at radius 3 is 2.67 bits per heavy atom. The predicted molar refractivity (Wildman–Crippen MR) is 85.8 cm³/mol. The highest BCUT2D eigenvalue weighted by Crippen LogP contribution is 2.14. The van der Waals surface area contributed by atoms with E-state index in [0.29, 0.717) is 22.3 Å². The molecular weight excluding hydrogens is 306 g/mol. The van der Waals surface area contributed by atoms with Crippen molar-refractivity contribution in [3.05, 3.63) is 34.0 Å². The summed E-state index contributed by atoms with van der Waals surface area (Å²) in [6.07, 6.45) is 2.20. The van der Waals surface area contributed by atoms with Gasteiger partial charge in [0, 0.05) is 11.6 Å². The number of amides is 2. The van der Waals surface area contributed by atoms with Crippen LogP contribution in [0.2, 0.25) is 0 Å². The molecule has 0 spiro atoms. The maximum atomic E-state index is 12.3. The Morgan fingerprint density at radius 1 is 1.29 bits per heavy atom. The predicted octanol–water partition coefficient (Wildman–Crippen LogP) is 2.99. The fourth-order valence-electron chi connectivity index (χ4n) is 1.82. The number of rotatable bonds is 6. The van der Waals surface area contributed by atoms with Crippen LogP contribution in [0.25, 0.3) is 0 Å². The molecule has 0 saturated heterocycles. The number of nitrogens with zero attached hydrogens (tertiary/aromatic N) is 1. The van der Waals surface area contributed by atoms with E-state index in [0.717, 1.165) is 0 Å². The standard InChI is InChI=1S/C14H17N3O2S2/c1-9(2)8-10(12(18)17-14-15-5-7-21-14)16-13(19)11-4-3-6-20-11/h3-7,9-10H,8H2,1-2H3,(H,16,19)(H,15,17,18)/t10-/m0/s1. The highest BCUT2D eigenvalue weighted by atomic mass is 32.1. The van der Waals surface area contributed by atoms with Crippen LogP contribution < -0.4 is 10.6 Å². The molecule has 2 heterocycles. The van der Waals surface area contributed by atoms with E-state index in [9.17, 15) is 9.59 Å². The number of anilines is 1. The molecule has 2 rings (SSSR count). The Hall–Kier alpha value is -1.73. The van der Waals surface area contributed by atoms with Crippen LogP contribution in [-0.2, 0) is 4.79 Å². The molecule has 0 aliphatic rings. The van der Waals surface area contributed by atoms with Gasteiger partial charge in [-0.1, -0.05) is 19.9 Å². The lowest BCUT2D eigenvalue weighted by atomic mass is 10.0. The minimum absolute atomic E-state index is 0.218. The summed E-state index contributed by atoms with van der Waals surface area (Å²) in [6, 6.07) is 2.99. The summed E-state index contributed by atoms with van der Waals surface area (Å²) in [7, 11) is 0. The van der Waals surface area contributed by atoms with Gasteiger partial charge >= 0.3 is 0 Å². The molecule has 0 fully saturated rings. The van der Waals surface area contributed by atoms with Crippen LogP contribution in [0.15, 0.2) is 29.1 Å². The molecule has 21 heavy (non-hydrogen) atoms. The summed E-state index contributed by atoms with van der Waals surface area (Å²) in [5.74, 6) is -0.158. The van der Waals surface area contributed by atoms with Gasteiger partial charge in [-0.2, -0.15) is 0 Å². The van der Waals surface area contributed by atoms with E-state index >= 15 is 0 Å². The first-order valence-electron chi connectivity index (χ1n) is 6.61. The molecule has 5 nitrogen and oxygen atoms in total. The SMILES string of the molecule is CC(C)C[C@H](NC(=O)c1cccs1)C(=O)Nc1nccs1. The number of carbonyl (C=O) groups excluding carboxylic acids is 2. The Labute approximate surface area is 131 Å². The summed E-state index contributed by atoms with van der Waals surface area (Å²) < 4.78 is 0. The monoisotopic (exact) mass is 323 g/mol. The number of hydrogen-bond donors (Lipinski definition) is 2. The van der Waals surface area contributed by atoms with Crippen LogP contribution in [0.3, 0.4) is 0 Å². The minimum atomic E-state index is -0.566. The van der Waals surface area contributed by atoms with Gasteiger partial charge in [-0.3, -0.25) is 9.59 Å². The van der Waals surface area contributed by atoms with E-state index in [-0.39, 0.29) is 11.8 Å². The molecule has 0 aliphatic heterocycles. The average molecular weight is 323 g/mol. The Kier molecular flexibility index (Phi) is 5.46. The van der Waals surface area contributed by atoms with Crippen molar-refractivity contribution in [3.8, 4) is 0 Å². The van der Waals surface area contributed by atoms with E-state index in [4.69, 9.17) is 0 Å². The van der Waals surface area contributed by atoms with Crippen molar-refractivity contribution < 1.29 is 9.59 Å². The maximum Gasteiger partial charge on any atom is 0.261 e. The maximum absolute atomic E-state index is 12.3. The third kappa shape index (κ3) is 4.64. The normalized spacial score (nSPS) is 12.1. The van der Waals surface area contributed by atoms with E-state index < -0.39 is 6.04 Å². The van der Waals surface area contributed by atoms with Crippen LogP contribution >= 0.6 is 22.7 Å². The average Bonchev–Trinajstić information content (AvgIpc) is 3.10. The van der Waals surface area contributed by atoms with Gasteiger partial charge in [-0.05, 0) is 23.8 Å². The topological polar surface area (TPSA) is 71.1 Å². The number of aromatic nitrogens is 1. The second kappa shape index (κ2) is 7.33. The molecule has 2 aromatic heterocycles. The highest BCUT2D eigenvalue weighted by molar-refractivity contribution is 7.13. The summed E-state index contributed by atoms with van der Waals surface area (Å²) in [5.41, 5.74) is 0. The van der Waals surface area contributed by atoms with Crippen molar-refractivity contribution in [2.75, 3.05) is 5.32 Å². The summed E-state index contributed by atoms with van der Waals surface area (Å²) >= 11 is 2.71. The fourth-order valence-corrected chi connectivity index (χ4v) is 2.98. The van der Waals surface area contributed by atoms with Crippen molar-refractivity contribution in [1.82, 2.24) is 10.3 Å². The highest BCUT2D eigenvalue weighted by Gasteiger charge is 2.23. The van der Waals surface area contributed by atoms with Crippen molar-refractivity contribution in [1.29, 1.82) is 0 Å². The third-order valence-corrected chi connectivity index (χ3v) is 4.29. The van der Waals surface area contributed by atoms with Gasteiger partial charge in [-0.15, -0.1) is 22.7 Å². The first-order chi connectivity index (χ1) is 10.1. The second-order valence-corrected chi connectivity index (χ2v) is 6.80. The fraction of sp³-hybridized carbons (Fsp3) is 0.357. The summed E-state index contributed by atoms with van der Waals surface area (Å²) in [6.45, 7) is 4.03. The Balaban J connectivity index is 2.03. The van der Waals surface area contributed by atoms with Crippen LogP contribution in [0.4, 0.5) is 5.13 Å². The first-order valence-corrected chi connectivity index (χ1v) is 8.37. The lowest BCUT2D eigenvalue weighted by Gasteiger charge is -2.19.